The van der Waals surface area contributed by atoms with Crippen LogP contribution in [0.3, 0.4) is 0 Å². The number of benzene rings is 3. The average Bonchev–Trinajstić information content (AvgIpc) is 2.78. The lowest BCUT2D eigenvalue weighted by atomic mass is 10.0. The SMILES string of the molecule is Cc1ccccc1C(=O)Nc1ccc(C(=O)Nc2ccc(Cl)cc2C(=O)CCCO)c(C)c1. The Balaban J connectivity index is 1.77. The summed E-state index contributed by atoms with van der Waals surface area (Å²) >= 11 is 6.04. The van der Waals surface area contributed by atoms with Gasteiger partial charge in [-0.25, -0.2) is 0 Å². The Labute approximate surface area is 197 Å². The number of nitrogens with one attached hydrogen (secondary N) is 2. The molecule has 6 nitrogen and oxygen atoms in total. The van der Waals surface area contributed by atoms with Crippen molar-refractivity contribution in [1.82, 2.24) is 0 Å². The van der Waals surface area contributed by atoms with E-state index in [1.807, 2.05) is 19.1 Å². The molecule has 33 heavy (non-hydrogen) atoms. The summed E-state index contributed by atoms with van der Waals surface area (Å²) in [5.41, 5.74) is 3.74. The molecule has 2 amide bonds. The summed E-state index contributed by atoms with van der Waals surface area (Å²) in [4.78, 5) is 38.0. The van der Waals surface area contributed by atoms with Gasteiger partial charge in [-0.15, -0.1) is 0 Å². The van der Waals surface area contributed by atoms with Crippen molar-refractivity contribution in [1.29, 1.82) is 0 Å². The number of aliphatic hydroxyl groups excluding tert-OH is 1. The molecule has 0 aromatic heterocycles. The number of hydrogen-bond donors (Lipinski definition) is 3. The van der Waals surface area contributed by atoms with Gasteiger partial charge in [0.25, 0.3) is 11.8 Å². The van der Waals surface area contributed by atoms with E-state index in [2.05, 4.69) is 10.6 Å². The Morgan fingerprint density at radius 3 is 2.21 bits per heavy atom. The molecule has 0 saturated carbocycles. The van der Waals surface area contributed by atoms with Crippen molar-refractivity contribution >= 4 is 40.6 Å². The Kier molecular flexibility index (Phi) is 7.98. The van der Waals surface area contributed by atoms with Crippen molar-refractivity contribution in [3.8, 4) is 0 Å². The Morgan fingerprint density at radius 2 is 1.52 bits per heavy atom. The van der Waals surface area contributed by atoms with Gasteiger partial charge >= 0.3 is 0 Å². The minimum Gasteiger partial charge on any atom is -0.396 e. The van der Waals surface area contributed by atoms with E-state index in [1.54, 1.807) is 49.4 Å². The van der Waals surface area contributed by atoms with Crippen molar-refractivity contribution in [2.45, 2.75) is 26.7 Å². The highest BCUT2D eigenvalue weighted by Crippen LogP contribution is 2.24. The molecule has 0 aliphatic carbocycles. The number of amides is 2. The minimum absolute atomic E-state index is 0.0973. The van der Waals surface area contributed by atoms with Gasteiger partial charge in [0.05, 0.1) is 5.69 Å². The zero-order valence-corrected chi connectivity index (χ0v) is 19.2. The van der Waals surface area contributed by atoms with Crippen LogP contribution < -0.4 is 10.6 Å². The molecule has 0 bridgehead atoms. The van der Waals surface area contributed by atoms with E-state index < -0.39 is 0 Å². The van der Waals surface area contributed by atoms with Crippen molar-refractivity contribution in [2.24, 2.45) is 0 Å². The number of Topliss-reactive ketones (excluding diaryl/α,β-unsaturated/α-hetero) is 1. The molecule has 170 valence electrons. The topological polar surface area (TPSA) is 95.5 Å². The van der Waals surface area contributed by atoms with Crippen LogP contribution >= 0.6 is 11.6 Å². The van der Waals surface area contributed by atoms with E-state index in [0.717, 1.165) is 5.56 Å². The largest absolute Gasteiger partial charge is 0.396 e. The van der Waals surface area contributed by atoms with Gasteiger partial charge in [0.15, 0.2) is 5.78 Å². The van der Waals surface area contributed by atoms with Crippen LogP contribution in [0.15, 0.2) is 60.7 Å². The Morgan fingerprint density at radius 1 is 0.818 bits per heavy atom. The number of carbonyl (C=O) groups excluding carboxylic acids is 3. The summed E-state index contributed by atoms with van der Waals surface area (Å²) in [5.74, 6) is -0.826. The smallest absolute Gasteiger partial charge is 0.255 e. The Bertz CT molecular complexity index is 1210. The molecule has 0 saturated heterocycles. The third-order valence-electron chi connectivity index (χ3n) is 5.21. The lowest BCUT2D eigenvalue weighted by molar-refractivity contribution is 0.0971. The van der Waals surface area contributed by atoms with Crippen LogP contribution in [-0.2, 0) is 0 Å². The van der Waals surface area contributed by atoms with Gasteiger partial charge < -0.3 is 15.7 Å². The second-order valence-corrected chi connectivity index (χ2v) is 8.13. The van der Waals surface area contributed by atoms with E-state index in [4.69, 9.17) is 16.7 Å². The molecule has 0 atom stereocenters. The molecule has 3 aromatic carbocycles. The highest BCUT2D eigenvalue weighted by molar-refractivity contribution is 6.31. The average molecular weight is 465 g/mol. The molecule has 0 aliphatic rings. The third-order valence-corrected chi connectivity index (χ3v) is 5.45. The first-order chi connectivity index (χ1) is 15.8. The number of halogens is 1. The van der Waals surface area contributed by atoms with E-state index in [0.29, 0.717) is 45.1 Å². The summed E-state index contributed by atoms with van der Waals surface area (Å²) in [7, 11) is 0. The van der Waals surface area contributed by atoms with Crippen molar-refractivity contribution in [2.75, 3.05) is 17.2 Å². The maximum absolute atomic E-state index is 12.9. The molecular formula is C26H25ClN2O4. The van der Waals surface area contributed by atoms with Gasteiger partial charge in [0.2, 0.25) is 0 Å². The predicted molar refractivity (Wildman–Crippen MR) is 130 cm³/mol. The number of anilines is 2. The van der Waals surface area contributed by atoms with E-state index in [-0.39, 0.29) is 30.6 Å². The maximum atomic E-state index is 12.9. The van der Waals surface area contributed by atoms with Crippen molar-refractivity contribution in [3.05, 3.63) is 93.5 Å². The monoisotopic (exact) mass is 464 g/mol. The first-order valence-electron chi connectivity index (χ1n) is 10.5. The molecule has 3 aromatic rings. The number of aliphatic hydroxyl groups is 1. The summed E-state index contributed by atoms with van der Waals surface area (Å²) in [6, 6.07) is 17.0. The first-order valence-corrected chi connectivity index (χ1v) is 10.9. The molecular weight excluding hydrogens is 440 g/mol. The molecule has 0 radical (unpaired) electrons. The van der Waals surface area contributed by atoms with Crippen LogP contribution in [-0.4, -0.2) is 29.3 Å². The number of aryl methyl sites for hydroxylation is 2. The molecule has 7 heteroatoms. The van der Waals surface area contributed by atoms with Gasteiger partial charge in [0, 0.05) is 40.4 Å². The summed E-state index contributed by atoms with van der Waals surface area (Å²) in [6.07, 6.45) is 0.474. The van der Waals surface area contributed by atoms with Gasteiger partial charge in [0.1, 0.15) is 0 Å². The molecule has 3 N–H and O–H groups in total. The fourth-order valence-electron chi connectivity index (χ4n) is 3.44. The fourth-order valence-corrected chi connectivity index (χ4v) is 3.61. The quantitative estimate of drug-likeness (QED) is 0.388. The van der Waals surface area contributed by atoms with Crippen LogP contribution in [0.2, 0.25) is 5.02 Å². The van der Waals surface area contributed by atoms with E-state index in [1.165, 1.54) is 6.07 Å². The third kappa shape index (κ3) is 6.06. The molecule has 0 heterocycles. The van der Waals surface area contributed by atoms with Crippen LogP contribution in [0.1, 0.15) is 55.0 Å². The maximum Gasteiger partial charge on any atom is 0.255 e. The van der Waals surface area contributed by atoms with Gasteiger partial charge in [-0.2, -0.15) is 0 Å². The summed E-state index contributed by atoms with van der Waals surface area (Å²) in [5, 5.41) is 15.0. The lowest BCUT2D eigenvalue weighted by Crippen LogP contribution is -2.17. The van der Waals surface area contributed by atoms with Crippen LogP contribution in [0.25, 0.3) is 0 Å². The van der Waals surface area contributed by atoms with Crippen LogP contribution in [0.4, 0.5) is 11.4 Å². The van der Waals surface area contributed by atoms with Crippen LogP contribution in [0.5, 0.6) is 0 Å². The lowest BCUT2D eigenvalue weighted by Gasteiger charge is -2.13. The Hall–Kier alpha value is -3.48. The fraction of sp³-hybridized carbons (Fsp3) is 0.192. The molecule has 0 fully saturated rings. The standard InChI is InChI=1S/C26H25ClN2O4/c1-16-6-3-4-7-20(16)25(32)28-19-10-11-21(17(2)14-19)26(33)29-23-12-9-18(27)15-22(23)24(31)8-5-13-30/h3-4,6-7,9-12,14-15,30H,5,8,13H2,1-2H3,(H,28,32)(H,29,33). The predicted octanol–water partition coefficient (Wildman–Crippen LogP) is 5.42. The van der Waals surface area contributed by atoms with Gasteiger partial charge in [-0.1, -0.05) is 29.8 Å². The number of carbonyl (C=O) groups is 3. The first kappa shape index (κ1) is 24.2. The second-order valence-electron chi connectivity index (χ2n) is 7.69. The van der Waals surface area contributed by atoms with E-state index >= 15 is 0 Å². The summed E-state index contributed by atoms with van der Waals surface area (Å²) in [6.45, 7) is 3.54. The second kappa shape index (κ2) is 10.9. The van der Waals surface area contributed by atoms with Gasteiger partial charge in [-0.3, -0.25) is 14.4 Å². The summed E-state index contributed by atoms with van der Waals surface area (Å²) < 4.78 is 0. The normalized spacial score (nSPS) is 10.5. The van der Waals surface area contributed by atoms with Crippen LogP contribution in [0, 0.1) is 13.8 Å². The number of rotatable bonds is 8. The van der Waals surface area contributed by atoms with Crippen molar-refractivity contribution < 1.29 is 19.5 Å². The zero-order valence-electron chi connectivity index (χ0n) is 18.4. The minimum atomic E-state index is -0.386. The highest BCUT2D eigenvalue weighted by Gasteiger charge is 2.17. The zero-order chi connectivity index (χ0) is 24.0. The van der Waals surface area contributed by atoms with Crippen molar-refractivity contribution in [3.63, 3.8) is 0 Å². The number of hydrogen-bond acceptors (Lipinski definition) is 4. The van der Waals surface area contributed by atoms with Gasteiger partial charge in [-0.05, 0) is 73.9 Å². The van der Waals surface area contributed by atoms with E-state index in [9.17, 15) is 14.4 Å². The molecule has 0 aliphatic heterocycles. The molecule has 0 spiro atoms. The number of ketones is 1. The molecule has 3 rings (SSSR count). The molecule has 0 unspecified atom stereocenters. The highest BCUT2D eigenvalue weighted by atomic mass is 35.5.